The second kappa shape index (κ2) is 5.53. The summed E-state index contributed by atoms with van der Waals surface area (Å²) in [6, 6.07) is 4.14. The molecule has 0 radical (unpaired) electrons. The summed E-state index contributed by atoms with van der Waals surface area (Å²) in [5.41, 5.74) is 2.91. The van der Waals surface area contributed by atoms with Crippen molar-refractivity contribution in [2.24, 2.45) is 5.41 Å². The highest BCUT2D eigenvalue weighted by molar-refractivity contribution is 7.08. The van der Waals surface area contributed by atoms with Crippen molar-refractivity contribution in [1.29, 1.82) is 0 Å². The standard InChI is InChI=1S/C15H18N2OS/c1-15(2,3)14(18)17-8-11-6-13(9-16-7-11)12-4-5-19-10-12/h4-7,9-10H,8H2,1-3H3,(H,17,18). The lowest BCUT2D eigenvalue weighted by atomic mass is 9.95. The number of carbonyl (C=O) groups excluding carboxylic acids is 1. The van der Waals surface area contributed by atoms with E-state index in [1.807, 2.05) is 32.3 Å². The van der Waals surface area contributed by atoms with Crippen LogP contribution in [0.4, 0.5) is 0 Å². The molecule has 19 heavy (non-hydrogen) atoms. The topological polar surface area (TPSA) is 42.0 Å². The summed E-state index contributed by atoms with van der Waals surface area (Å²) in [6.45, 7) is 6.23. The van der Waals surface area contributed by atoms with Crippen molar-refractivity contribution in [2.45, 2.75) is 27.3 Å². The predicted octanol–water partition coefficient (Wildman–Crippen LogP) is 3.47. The average molecular weight is 274 g/mol. The second-order valence-electron chi connectivity index (χ2n) is 5.53. The maximum atomic E-state index is 11.8. The molecule has 0 saturated heterocycles. The molecule has 0 fully saturated rings. The number of hydrogen-bond donors (Lipinski definition) is 1. The fraction of sp³-hybridized carbons (Fsp3) is 0.333. The minimum Gasteiger partial charge on any atom is -0.352 e. The minimum atomic E-state index is -0.363. The summed E-state index contributed by atoms with van der Waals surface area (Å²) < 4.78 is 0. The molecule has 0 atom stereocenters. The normalized spacial score (nSPS) is 11.3. The molecular weight excluding hydrogens is 256 g/mol. The van der Waals surface area contributed by atoms with Gasteiger partial charge in [-0.2, -0.15) is 11.3 Å². The van der Waals surface area contributed by atoms with Gasteiger partial charge in [-0.05, 0) is 34.0 Å². The van der Waals surface area contributed by atoms with E-state index in [4.69, 9.17) is 0 Å². The molecule has 3 nitrogen and oxygen atoms in total. The number of amides is 1. The van der Waals surface area contributed by atoms with E-state index in [0.717, 1.165) is 11.1 Å². The Balaban J connectivity index is 2.06. The molecule has 0 aromatic carbocycles. The summed E-state index contributed by atoms with van der Waals surface area (Å²) in [6.07, 6.45) is 3.63. The zero-order chi connectivity index (χ0) is 13.9. The predicted molar refractivity (Wildman–Crippen MR) is 78.9 cm³/mol. The quantitative estimate of drug-likeness (QED) is 0.931. The van der Waals surface area contributed by atoms with Crippen molar-refractivity contribution < 1.29 is 4.79 Å². The van der Waals surface area contributed by atoms with Crippen molar-refractivity contribution in [2.75, 3.05) is 0 Å². The molecule has 0 aliphatic rings. The van der Waals surface area contributed by atoms with Crippen molar-refractivity contribution >= 4 is 17.2 Å². The summed E-state index contributed by atoms with van der Waals surface area (Å²) >= 11 is 1.66. The molecular formula is C15H18N2OS. The number of nitrogens with one attached hydrogen (secondary N) is 1. The van der Waals surface area contributed by atoms with Crippen LogP contribution in [0.5, 0.6) is 0 Å². The molecule has 0 spiro atoms. The van der Waals surface area contributed by atoms with E-state index in [0.29, 0.717) is 6.54 Å². The number of rotatable bonds is 3. The van der Waals surface area contributed by atoms with E-state index < -0.39 is 0 Å². The molecule has 2 heterocycles. The van der Waals surface area contributed by atoms with Crippen LogP contribution in [0.25, 0.3) is 11.1 Å². The van der Waals surface area contributed by atoms with Gasteiger partial charge < -0.3 is 5.32 Å². The molecule has 2 aromatic heterocycles. The summed E-state index contributed by atoms with van der Waals surface area (Å²) in [7, 11) is 0. The Bertz CT molecular complexity index is 556. The van der Waals surface area contributed by atoms with E-state index in [9.17, 15) is 4.79 Å². The van der Waals surface area contributed by atoms with Gasteiger partial charge in [-0.25, -0.2) is 0 Å². The van der Waals surface area contributed by atoms with Crippen LogP contribution in [-0.4, -0.2) is 10.9 Å². The fourth-order valence-corrected chi connectivity index (χ4v) is 2.28. The SMILES string of the molecule is CC(C)(C)C(=O)NCc1cncc(-c2ccsc2)c1. The molecule has 100 valence electrons. The number of hydrogen-bond acceptors (Lipinski definition) is 3. The van der Waals surface area contributed by atoms with Gasteiger partial charge in [0, 0.05) is 29.9 Å². The molecule has 2 rings (SSSR count). The first kappa shape index (κ1) is 13.7. The number of nitrogens with zero attached hydrogens (tertiary/aromatic N) is 1. The third kappa shape index (κ3) is 3.64. The molecule has 2 aromatic rings. The van der Waals surface area contributed by atoms with Crippen LogP contribution >= 0.6 is 11.3 Å². The largest absolute Gasteiger partial charge is 0.352 e. The first-order chi connectivity index (χ1) is 8.97. The first-order valence-corrected chi connectivity index (χ1v) is 7.16. The summed E-state index contributed by atoms with van der Waals surface area (Å²) in [5.74, 6) is 0.0495. The maximum Gasteiger partial charge on any atom is 0.225 e. The van der Waals surface area contributed by atoms with Crippen LogP contribution in [-0.2, 0) is 11.3 Å². The van der Waals surface area contributed by atoms with Gasteiger partial charge in [0.2, 0.25) is 5.91 Å². The van der Waals surface area contributed by atoms with E-state index in [-0.39, 0.29) is 11.3 Å². The third-order valence-corrected chi connectivity index (χ3v) is 3.47. The van der Waals surface area contributed by atoms with Gasteiger partial charge in [-0.3, -0.25) is 9.78 Å². The monoisotopic (exact) mass is 274 g/mol. The molecule has 0 unspecified atom stereocenters. The van der Waals surface area contributed by atoms with Gasteiger partial charge in [0.25, 0.3) is 0 Å². The van der Waals surface area contributed by atoms with Gasteiger partial charge in [-0.15, -0.1) is 0 Å². The van der Waals surface area contributed by atoms with Crippen LogP contribution in [0.3, 0.4) is 0 Å². The smallest absolute Gasteiger partial charge is 0.225 e. The van der Waals surface area contributed by atoms with Gasteiger partial charge in [0.15, 0.2) is 0 Å². The summed E-state index contributed by atoms with van der Waals surface area (Å²) in [4.78, 5) is 16.1. The number of carbonyl (C=O) groups is 1. The Morgan fingerprint density at radius 2 is 2.11 bits per heavy atom. The lowest BCUT2D eigenvalue weighted by molar-refractivity contribution is -0.128. The van der Waals surface area contributed by atoms with Crippen molar-refractivity contribution in [3.8, 4) is 11.1 Å². The second-order valence-corrected chi connectivity index (χ2v) is 6.31. The Kier molecular flexibility index (Phi) is 4.00. The van der Waals surface area contributed by atoms with Gasteiger partial charge in [0.05, 0.1) is 0 Å². The number of aromatic nitrogens is 1. The van der Waals surface area contributed by atoms with Crippen molar-refractivity contribution in [1.82, 2.24) is 10.3 Å². The molecule has 0 saturated carbocycles. The summed E-state index contributed by atoms with van der Waals surface area (Å²) in [5, 5.41) is 7.07. The zero-order valence-electron chi connectivity index (χ0n) is 11.4. The highest BCUT2D eigenvalue weighted by atomic mass is 32.1. The van der Waals surface area contributed by atoms with Crippen LogP contribution in [0.2, 0.25) is 0 Å². The van der Waals surface area contributed by atoms with Gasteiger partial charge in [-0.1, -0.05) is 20.8 Å². The zero-order valence-corrected chi connectivity index (χ0v) is 12.3. The van der Waals surface area contributed by atoms with Gasteiger partial charge in [0.1, 0.15) is 0 Å². The van der Waals surface area contributed by atoms with E-state index in [1.54, 1.807) is 17.5 Å². The molecule has 0 aliphatic heterocycles. The molecule has 0 aliphatic carbocycles. The van der Waals surface area contributed by atoms with Crippen LogP contribution in [0.15, 0.2) is 35.3 Å². The van der Waals surface area contributed by atoms with Gasteiger partial charge >= 0.3 is 0 Å². The highest BCUT2D eigenvalue weighted by Gasteiger charge is 2.20. The third-order valence-electron chi connectivity index (χ3n) is 2.78. The molecule has 1 amide bonds. The lowest BCUT2D eigenvalue weighted by Gasteiger charge is -2.17. The Morgan fingerprint density at radius 3 is 2.74 bits per heavy atom. The Hall–Kier alpha value is -1.68. The van der Waals surface area contributed by atoms with E-state index in [2.05, 4.69) is 27.8 Å². The van der Waals surface area contributed by atoms with Crippen LogP contribution < -0.4 is 5.32 Å². The average Bonchev–Trinajstić information content (AvgIpc) is 2.89. The van der Waals surface area contributed by atoms with Crippen molar-refractivity contribution in [3.63, 3.8) is 0 Å². The van der Waals surface area contributed by atoms with Crippen LogP contribution in [0.1, 0.15) is 26.3 Å². The first-order valence-electron chi connectivity index (χ1n) is 6.21. The lowest BCUT2D eigenvalue weighted by Crippen LogP contribution is -2.34. The maximum absolute atomic E-state index is 11.8. The Labute approximate surface area is 117 Å². The van der Waals surface area contributed by atoms with Crippen molar-refractivity contribution in [3.05, 3.63) is 40.8 Å². The van der Waals surface area contributed by atoms with Crippen LogP contribution in [0, 0.1) is 5.41 Å². The van der Waals surface area contributed by atoms with E-state index in [1.165, 1.54) is 5.56 Å². The fourth-order valence-electron chi connectivity index (χ4n) is 1.62. The molecule has 0 bridgehead atoms. The minimum absolute atomic E-state index is 0.0495. The number of pyridine rings is 1. The van der Waals surface area contributed by atoms with E-state index >= 15 is 0 Å². The number of thiophene rings is 1. The molecule has 1 N–H and O–H groups in total. The molecule has 4 heteroatoms. The highest BCUT2D eigenvalue weighted by Crippen LogP contribution is 2.22. The Morgan fingerprint density at radius 1 is 1.32 bits per heavy atom.